The van der Waals surface area contributed by atoms with E-state index >= 15 is 0 Å². The molecule has 4 nitrogen and oxygen atoms in total. The minimum atomic E-state index is 0.665. The fraction of sp³-hybridized carbons (Fsp3) is 0.500. The van der Waals surface area contributed by atoms with Gasteiger partial charge in [0.15, 0.2) is 5.11 Å². The molecule has 1 N–H and O–H groups in total. The van der Waals surface area contributed by atoms with Crippen LogP contribution in [0.3, 0.4) is 0 Å². The van der Waals surface area contributed by atoms with Crippen molar-refractivity contribution in [3.8, 4) is 0 Å². The Morgan fingerprint density at radius 1 is 1.21 bits per heavy atom. The summed E-state index contributed by atoms with van der Waals surface area (Å²) >= 11 is 12.0. The largest absolute Gasteiger partial charge is 0.467 e. The van der Waals surface area contributed by atoms with E-state index in [4.69, 9.17) is 28.2 Å². The van der Waals surface area contributed by atoms with E-state index in [1.807, 2.05) is 37.3 Å². The first kappa shape index (κ1) is 21.2. The summed E-state index contributed by atoms with van der Waals surface area (Å²) in [6.07, 6.45) is 8.18. The maximum absolute atomic E-state index is 6.26. The average Bonchev–Trinajstić information content (AvgIpc) is 3.05. The Hall–Kier alpha value is -1.56. The Balaban J connectivity index is 1.58. The molecular formula is C22H30ClN3OS. The molecule has 0 saturated carbocycles. The van der Waals surface area contributed by atoms with Crippen LogP contribution in [0.4, 0.5) is 5.69 Å². The van der Waals surface area contributed by atoms with E-state index in [-0.39, 0.29) is 0 Å². The highest BCUT2D eigenvalue weighted by Gasteiger charge is 2.14. The van der Waals surface area contributed by atoms with Crippen LogP contribution in [-0.2, 0) is 6.54 Å². The van der Waals surface area contributed by atoms with Crippen molar-refractivity contribution in [1.82, 2.24) is 9.80 Å². The first-order chi connectivity index (χ1) is 13.6. The van der Waals surface area contributed by atoms with E-state index in [1.165, 1.54) is 38.8 Å². The molecule has 152 valence electrons. The van der Waals surface area contributed by atoms with Gasteiger partial charge in [0.2, 0.25) is 0 Å². The van der Waals surface area contributed by atoms with Crippen molar-refractivity contribution in [1.29, 1.82) is 0 Å². The normalized spacial score (nSPS) is 15.2. The van der Waals surface area contributed by atoms with Crippen LogP contribution in [0.25, 0.3) is 0 Å². The number of thiocarbonyl (C=S) groups is 1. The molecule has 1 saturated heterocycles. The fourth-order valence-electron chi connectivity index (χ4n) is 3.56. The van der Waals surface area contributed by atoms with Gasteiger partial charge in [0.05, 0.1) is 12.8 Å². The van der Waals surface area contributed by atoms with Crippen molar-refractivity contribution in [3.63, 3.8) is 0 Å². The minimum absolute atomic E-state index is 0.665. The minimum Gasteiger partial charge on any atom is -0.467 e. The number of hydrogen-bond acceptors (Lipinski definition) is 3. The summed E-state index contributed by atoms with van der Waals surface area (Å²) in [5.41, 5.74) is 1.97. The Kier molecular flexibility index (Phi) is 8.19. The number of benzene rings is 1. The lowest BCUT2D eigenvalue weighted by Gasteiger charge is -2.27. The van der Waals surface area contributed by atoms with Gasteiger partial charge in [0, 0.05) is 17.3 Å². The third kappa shape index (κ3) is 6.50. The number of nitrogens with zero attached hydrogens (tertiary/aromatic N) is 2. The van der Waals surface area contributed by atoms with Gasteiger partial charge in [-0.2, -0.15) is 0 Å². The zero-order chi connectivity index (χ0) is 19.8. The van der Waals surface area contributed by atoms with Crippen molar-refractivity contribution >= 4 is 34.6 Å². The zero-order valence-corrected chi connectivity index (χ0v) is 18.2. The number of furan rings is 1. The van der Waals surface area contributed by atoms with Gasteiger partial charge < -0.3 is 19.5 Å². The van der Waals surface area contributed by atoms with E-state index in [9.17, 15) is 0 Å². The molecular weight excluding hydrogens is 390 g/mol. The second-order valence-electron chi connectivity index (χ2n) is 7.50. The van der Waals surface area contributed by atoms with Crippen molar-refractivity contribution < 1.29 is 4.42 Å². The lowest BCUT2D eigenvalue weighted by molar-refractivity contribution is 0.262. The third-order valence-electron chi connectivity index (χ3n) is 5.24. The summed E-state index contributed by atoms with van der Waals surface area (Å²) in [6.45, 7) is 7.12. The molecule has 6 heteroatoms. The van der Waals surface area contributed by atoms with E-state index < -0.39 is 0 Å². The molecule has 1 aliphatic rings. The van der Waals surface area contributed by atoms with Gasteiger partial charge in [-0.05, 0) is 87.9 Å². The lowest BCUT2D eigenvalue weighted by Crippen LogP contribution is -2.37. The molecule has 1 aliphatic heterocycles. The first-order valence-electron chi connectivity index (χ1n) is 10.2. The van der Waals surface area contributed by atoms with Crippen LogP contribution in [0.2, 0.25) is 5.02 Å². The Morgan fingerprint density at radius 3 is 2.68 bits per heavy atom. The summed E-state index contributed by atoms with van der Waals surface area (Å²) in [5.74, 6) is 0.917. The predicted octanol–water partition coefficient (Wildman–Crippen LogP) is 5.71. The summed E-state index contributed by atoms with van der Waals surface area (Å²) in [7, 11) is 0. The topological polar surface area (TPSA) is 31.6 Å². The van der Waals surface area contributed by atoms with E-state index in [0.29, 0.717) is 11.7 Å². The molecule has 1 fully saturated rings. The van der Waals surface area contributed by atoms with Crippen LogP contribution < -0.4 is 5.32 Å². The van der Waals surface area contributed by atoms with Gasteiger partial charge >= 0.3 is 0 Å². The standard InChI is InChI=1S/C22H30ClN3OS/c1-18-9-10-19(16-21(18)23)24-22(28)26(17-20-8-6-15-27-20)14-7-13-25-11-4-2-3-5-12-25/h6,8-10,15-16H,2-5,7,11-14,17H2,1H3,(H,24,28). The van der Waals surface area contributed by atoms with Gasteiger partial charge in [-0.1, -0.05) is 30.5 Å². The summed E-state index contributed by atoms with van der Waals surface area (Å²) in [4.78, 5) is 4.77. The van der Waals surface area contributed by atoms with Crippen molar-refractivity contribution in [3.05, 3.63) is 52.9 Å². The second-order valence-corrected chi connectivity index (χ2v) is 8.30. The van der Waals surface area contributed by atoms with Crippen LogP contribution in [0.15, 0.2) is 41.0 Å². The number of halogens is 1. The molecule has 0 radical (unpaired) electrons. The van der Waals surface area contributed by atoms with Crippen LogP contribution >= 0.6 is 23.8 Å². The van der Waals surface area contributed by atoms with Crippen LogP contribution in [-0.4, -0.2) is 41.1 Å². The first-order valence-corrected chi connectivity index (χ1v) is 11.0. The highest BCUT2D eigenvalue weighted by atomic mass is 35.5. The van der Waals surface area contributed by atoms with Gasteiger partial charge in [-0.3, -0.25) is 0 Å². The highest BCUT2D eigenvalue weighted by Crippen LogP contribution is 2.21. The number of aryl methyl sites for hydroxylation is 1. The Bertz CT molecular complexity index is 742. The average molecular weight is 420 g/mol. The molecule has 0 bridgehead atoms. The van der Waals surface area contributed by atoms with Gasteiger partial charge in [0.1, 0.15) is 5.76 Å². The smallest absolute Gasteiger partial charge is 0.173 e. The maximum atomic E-state index is 6.26. The van der Waals surface area contributed by atoms with Crippen molar-refractivity contribution in [2.75, 3.05) is 31.5 Å². The van der Waals surface area contributed by atoms with E-state index in [1.54, 1.807) is 6.26 Å². The highest BCUT2D eigenvalue weighted by molar-refractivity contribution is 7.80. The lowest BCUT2D eigenvalue weighted by atomic mass is 10.2. The number of nitrogens with one attached hydrogen (secondary N) is 1. The molecule has 2 aromatic rings. The second kappa shape index (κ2) is 10.8. The molecule has 1 aromatic carbocycles. The number of likely N-dealkylation sites (tertiary alicyclic amines) is 1. The molecule has 0 spiro atoms. The third-order valence-corrected chi connectivity index (χ3v) is 6.01. The van der Waals surface area contributed by atoms with E-state index in [0.717, 1.165) is 41.5 Å². The molecule has 2 heterocycles. The Morgan fingerprint density at radius 2 is 2.00 bits per heavy atom. The summed E-state index contributed by atoms with van der Waals surface area (Å²) in [5, 5.41) is 4.78. The molecule has 0 aliphatic carbocycles. The van der Waals surface area contributed by atoms with Gasteiger partial charge in [-0.25, -0.2) is 0 Å². The SMILES string of the molecule is Cc1ccc(NC(=S)N(CCCN2CCCCCC2)Cc2ccco2)cc1Cl. The molecule has 1 aromatic heterocycles. The molecule has 3 rings (SSSR count). The predicted molar refractivity (Wildman–Crippen MR) is 121 cm³/mol. The number of rotatable bonds is 7. The van der Waals surface area contributed by atoms with Crippen molar-refractivity contribution in [2.24, 2.45) is 0 Å². The number of hydrogen-bond donors (Lipinski definition) is 1. The van der Waals surface area contributed by atoms with Gasteiger partial charge in [-0.15, -0.1) is 0 Å². The van der Waals surface area contributed by atoms with Crippen molar-refractivity contribution in [2.45, 2.75) is 45.6 Å². The summed E-state index contributed by atoms with van der Waals surface area (Å²) < 4.78 is 5.55. The maximum Gasteiger partial charge on any atom is 0.173 e. The number of anilines is 1. The van der Waals surface area contributed by atoms with Crippen LogP contribution in [0.5, 0.6) is 0 Å². The van der Waals surface area contributed by atoms with E-state index in [2.05, 4.69) is 15.1 Å². The summed E-state index contributed by atoms with van der Waals surface area (Å²) in [6, 6.07) is 9.85. The monoisotopic (exact) mass is 419 g/mol. The molecule has 0 unspecified atom stereocenters. The zero-order valence-electron chi connectivity index (χ0n) is 16.6. The Labute approximate surface area is 178 Å². The fourth-order valence-corrected chi connectivity index (χ4v) is 4.02. The molecule has 0 atom stereocenters. The molecule has 28 heavy (non-hydrogen) atoms. The van der Waals surface area contributed by atoms with Crippen LogP contribution in [0.1, 0.15) is 43.4 Å². The molecule has 0 amide bonds. The van der Waals surface area contributed by atoms with Gasteiger partial charge in [0.25, 0.3) is 0 Å². The quantitative estimate of drug-likeness (QED) is 0.581. The van der Waals surface area contributed by atoms with Crippen LogP contribution in [0, 0.1) is 6.92 Å².